The number of hydrogen-bond donors (Lipinski definition) is 0. The summed E-state index contributed by atoms with van der Waals surface area (Å²) in [6.45, 7) is 0. The van der Waals surface area contributed by atoms with Gasteiger partial charge in [0.05, 0.1) is 11.0 Å². The number of rotatable bonds is 5. The Morgan fingerprint density at radius 1 is 0.209 bits per heavy atom. The van der Waals surface area contributed by atoms with Crippen molar-refractivity contribution in [2.75, 3.05) is 0 Å². The molecule has 1 nitrogen and oxygen atoms in total. The van der Waals surface area contributed by atoms with Crippen LogP contribution in [0, 0.1) is 0 Å². The minimum atomic E-state index is 1.13. The second-order valence-corrected chi connectivity index (χ2v) is 17.9. The fourth-order valence-corrected chi connectivity index (χ4v) is 11.3. The molecule has 310 valence electrons. The maximum atomic E-state index is 2.54. The van der Waals surface area contributed by atoms with E-state index >= 15 is 0 Å². The van der Waals surface area contributed by atoms with E-state index in [-0.39, 0.29) is 0 Å². The van der Waals surface area contributed by atoms with E-state index in [4.69, 9.17) is 0 Å². The summed E-state index contributed by atoms with van der Waals surface area (Å²) in [5.74, 6) is 0. The molecular weight excluding hydrogens is 807 g/mol. The van der Waals surface area contributed by atoms with Crippen molar-refractivity contribution in [1.29, 1.82) is 0 Å². The molecule has 14 rings (SSSR count). The lowest BCUT2D eigenvalue weighted by atomic mass is 9.86. The van der Waals surface area contributed by atoms with E-state index in [0.717, 1.165) is 5.69 Å². The number of benzene rings is 13. The Bertz CT molecular complexity index is 4060. The van der Waals surface area contributed by atoms with Crippen molar-refractivity contribution in [3.05, 3.63) is 249 Å². The molecule has 0 aliphatic heterocycles. The molecule has 1 heteroatoms. The molecule has 1 heterocycles. The van der Waals surface area contributed by atoms with Gasteiger partial charge in [0.1, 0.15) is 0 Å². The molecule has 14 aromatic rings. The van der Waals surface area contributed by atoms with Crippen LogP contribution in [0.2, 0.25) is 0 Å². The van der Waals surface area contributed by atoms with Gasteiger partial charge in [-0.15, -0.1) is 0 Å². The van der Waals surface area contributed by atoms with E-state index in [1.807, 2.05) is 0 Å². The van der Waals surface area contributed by atoms with Crippen molar-refractivity contribution in [2.45, 2.75) is 0 Å². The second-order valence-electron chi connectivity index (χ2n) is 17.9. The predicted molar refractivity (Wildman–Crippen MR) is 288 cm³/mol. The summed E-state index contributed by atoms with van der Waals surface area (Å²) in [4.78, 5) is 0. The molecule has 0 aliphatic carbocycles. The minimum Gasteiger partial charge on any atom is -0.308 e. The molecular formula is C66H41N. The molecule has 0 fully saturated rings. The SMILES string of the molecule is c1ccc(-c2c3ccccc3c(-c3ccc(-n4c5c6ccc(-c7cccc8ccccc78)cc6ccc5c5ccc6cc(-c7cccc8ccccc78)ccc6c54)cc3)c3ccccc23)cc1. The number of fused-ring (bicyclic) bond motifs is 11. The third kappa shape index (κ3) is 5.81. The lowest BCUT2D eigenvalue weighted by Crippen LogP contribution is -1.96. The minimum absolute atomic E-state index is 1.13. The lowest BCUT2D eigenvalue weighted by molar-refractivity contribution is 1.19. The maximum Gasteiger partial charge on any atom is 0.0619 e. The Balaban J connectivity index is 1.01. The molecule has 0 bridgehead atoms. The van der Waals surface area contributed by atoms with Gasteiger partial charge >= 0.3 is 0 Å². The van der Waals surface area contributed by atoms with Gasteiger partial charge in [-0.2, -0.15) is 0 Å². The average molecular weight is 848 g/mol. The molecule has 0 N–H and O–H groups in total. The molecule has 0 atom stereocenters. The first kappa shape index (κ1) is 37.6. The topological polar surface area (TPSA) is 4.93 Å². The molecule has 13 aromatic carbocycles. The number of hydrogen-bond acceptors (Lipinski definition) is 0. The van der Waals surface area contributed by atoms with Gasteiger partial charge in [-0.1, -0.05) is 224 Å². The Hall–Kier alpha value is -8.78. The first-order chi connectivity index (χ1) is 33.2. The summed E-state index contributed by atoms with van der Waals surface area (Å²) in [7, 11) is 0. The zero-order valence-corrected chi connectivity index (χ0v) is 36.6. The van der Waals surface area contributed by atoms with Crippen molar-refractivity contribution < 1.29 is 0 Å². The highest BCUT2D eigenvalue weighted by molar-refractivity contribution is 6.25. The van der Waals surface area contributed by atoms with Crippen LogP contribution in [-0.2, 0) is 0 Å². The number of aromatic nitrogens is 1. The van der Waals surface area contributed by atoms with Crippen molar-refractivity contribution in [2.24, 2.45) is 0 Å². The Kier molecular flexibility index (Phi) is 8.35. The van der Waals surface area contributed by atoms with Gasteiger partial charge in [0.15, 0.2) is 0 Å². The lowest BCUT2D eigenvalue weighted by Gasteiger charge is -2.18. The predicted octanol–water partition coefficient (Wildman–Crippen LogP) is 18.4. The van der Waals surface area contributed by atoms with Crippen molar-refractivity contribution in [3.8, 4) is 50.2 Å². The molecule has 0 spiro atoms. The van der Waals surface area contributed by atoms with Crippen LogP contribution >= 0.6 is 0 Å². The molecule has 0 amide bonds. The monoisotopic (exact) mass is 847 g/mol. The maximum absolute atomic E-state index is 2.54. The highest BCUT2D eigenvalue weighted by Gasteiger charge is 2.21. The first-order valence-electron chi connectivity index (χ1n) is 23.2. The smallest absolute Gasteiger partial charge is 0.0619 e. The Morgan fingerprint density at radius 2 is 0.582 bits per heavy atom. The van der Waals surface area contributed by atoms with Gasteiger partial charge in [-0.3, -0.25) is 0 Å². The Labute approximate surface area is 388 Å². The fraction of sp³-hybridized carbons (Fsp3) is 0. The highest BCUT2D eigenvalue weighted by atomic mass is 15.0. The van der Waals surface area contributed by atoms with Crippen molar-refractivity contribution in [1.82, 2.24) is 4.57 Å². The zero-order valence-electron chi connectivity index (χ0n) is 36.6. The van der Waals surface area contributed by atoms with E-state index in [9.17, 15) is 0 Å². The zero-order chi connectivity index (χ0) is 44.0. The fourth-order valence-electron chi connectivity index (χ4n) is 11.3. The highest BCUT2D eigenvalue weighted by Crippen LogP contribution is 2.46. The van der Waals surface area contributed by atoms with Crippen LogP contribution in [0.25, 0.3) is 137 Å². The molecule has 1 aromatic heterocycles. The van der Waals surface area contributed by atoms with Crippen molar-refractivity contribution in [3.63, 3.8) is 0 Å². The van der Waals surface area contributed by atoms with E-state index in [1.54, 1.807) is 0 Å². The largest absolute Gasteiger partial charge is 0.308 e. The van der Waals surface area contributed by atoms with Crippen LogP contribution < -0.4 is 0 Å². The molecule has 0 radical (unpaired) electrons. The summed E-state index contributed by atoms with van der Waals surface area (Å²) in [6.07, 6.45) is 0. The standard InChI is InChI=1S/C66H41N/c1-2-16-44(17-3-1)63-57-22-8-10-24-59(57)64(60-25-11-9-23-58(60)63)45-28-34-50(35-29-45)67-65-55-36-30-46(53-26-12-18-42-14-4-6-20-51(42)53)40-48(55)32-38-61(65)62-39-33-49-41-47(31-37-56(49)66(62)67)54-27-13-19-43-15-5-7-21-52(43)54/h1-41H. The summed E-state index contributed by atoms with van der Waals surface area (Å²) < 4.78 is 2.54. The van der Waals surface area contributed by atoms with Crippen LogP contribution in [0.5, 0.6) is 0 Å². The van der Waals surface area contributed by atoms with Crippen LogP contribution in [0.3, 0.4) is 0 Å². The van der Waals surface area contributed by atoms with Crippen LogP contribution in [0.15, 0.2) is 249 Å². The Morgan fingerprint density at radius 3 is 1.06 bits per heavy atom. The summed E-state index contributed by atoms with van der Waals surface area (Å²) in [6, 6.07) is 92.2. The van der Waals surface area contributed by atoms with E-state index in [1.165, 1.54) is 131 Å². The van der Waals surface area contributed by atoms with E-state index in [0.29, 0.717) is 0 Å². The summed E-state index contributed by atoms with van der Waals surface area (Å²) in [5.41, 5.74) is 13.5. The van der Waals surface area contributed by atoms with Gasteiger partial charge in [-0.05, 0) is 123 Å². The molecule has 0 aliphatic rings. The average Bonchev–Trinajstić information content (AvgIpc) is 3.75. The number of nitrogens with zero attached hydrogens (tertiary/aromatic N) is 1. The molecule has 0 saturated carbocycles. The third-order valence-electron chi connectivity index (χ3n) is 14.3. The second kappa shape index (κ2) is 14.9. The van der Waals surface area contributed by atoms with Crippen LogP contribution in [0.4, 0.5) is 0 Å². The third-order valence-corrected chi connectivity index (χ3v) is 14.3. The molecule has 0 saturated heterocycles. The van der Waals surface area contributed by atoms with Gasteiger partial charge in [0.25, 0.3) is 0 Å². The molecule has 0 unspecified atom stereocenters. The van der Waals surface area contributed by atoms with Gasteiger partial charge in [0, 0.05) is 27.2 Å². The van der Waals surface area contributed by atoms with Gasteiger partial charge in [-0.25, -0.2) is 0 Å². The normalized spacial score (nSPS) is 11.9. The first-order valence-corrected chi connectivity index (χ1v) is 23.2. The van der Waals surface area contributed by atoms with Crippen molar-refractivity contribution >= 4 is 86.4 Å². The van der Waals surface area contributed by atoms with E-state index < -0.39 is 0 Å². The van der Waals surface area contributed by atoms with Crippen LogP contribution in [-0.4, -0.2) is 4.57 Å². The van der Waals surface area contributed by atoms with E-state index in [2.05, 4.69) is 253 Å². The molecule has 67 heavy (non-hydrogen) atoms. The van der Waals surface area contributed by atoms with Gasteiger partial charge < -0.3 is 4.57 Å². The summed E-state index contributed by atoms with van der Waals surface area (Å²) in [5, 5.41) is 17.5. The van der Waals surface area contributed by atoms with Gasteiger partial charge in [0.2, 0.25) is 0 Å². The quantitative estimate of drug-likeness (QED) is 0.152. The summed E-state index contributed by atoms with van der Waals surface area (Å²) >= 11 is 0. The van der Waals surface area contributed by atoms with Crippen LogP contribution in [0.1, 0.15) is 0 Å².